The van der Waals surface area contributed by atoms with Crippen LogP contribution in [0.2, 0.25) is 0 Å². The van der Waals surface area contributed by atoms with Crippen LogP contribution in [0.4, 0.5) is 5.69 Å². The van der Waals surface area contributed by atoms with Crippen LogP contribution in [0.1, 0.15) is 6.92 Å². The molecule has 0 unspecified atom stereocenters. The minimum atomic E-state index is 0.629. The maximum atomic E-state index is 5.86. The SMILES string of the molecule is CCOc1cc(-c2ncc[nH]2)ccc1-c1ccc(N(C)C)cc1. The number of ether oxygens (including phenoxy) is 1. The van der Waals surface area contributed by atoms with Crippen LogP contribution in [-0.2, 0) is 0 Å². The Morgan fingerprint density at radius 1 is 1.04 bits per heavy atom. The number of aromatic amines is 1. The van der Waals surface area contributed by atoms with Crippen LogP contribution in [0.5, 0.6) is 5.75 Å². The van der Waals surface area contributed by atoms with Gasteiger partial charge in [-0.25, -0.2) is 4.98 Å². The number of nitrogens with one attached hydrogen (secondary N) is 1. The van der Waals surface area contributed by atoms with Gasteiger partial charge in [0.2, 0.25) is 0 Å². The van der Waals surface area contributed by atoms with Crippen LogP contribution in [0.25, 0.3) is 22.5 Å². The van der Waals surface area contributed by atoms with Crippen LogP contribution < -0.4 is 9.64 Å². The molecule has 0 radical (unpaired) electrons. The van der Waals surface area contributed by atoms with E-state index in [1.165, 1.54) is 5.69 Å². The van der Waals surface area contributed by atoms with Gasteiger partial charge in [0.05, 0.1) is 6.61 Å². The Hall–Kier alpha value is -2.75. The Morgan fingerprint density at radius 2 is 1.78 bits per heavy atom. The molecule has 0 saturated carbocycles. The summed E-state index contributed by atoms with van der Waals surface area (Å²) >= 11 is 0. The molecule has 23 heavy (non-hydrogen) atoms. The molecule has 0 aliphatic heterocycles. The highest BCUT2D eigenvalue weighted by Gasteiger charge is 2.10. The van der Waals surface area contributed by atoms with Crippen molar-refractivity contribution in [2.45, 2.75) is 6.92 Å². The van der Waals surface area contributed by atoms with Gasteiger partial charge in [-0.1, -0.05) is 18.2 Å². The Morgan fingerprint density at radius 3 is 2.39 bits per heavy atom. The molecule has 1 heterocycles. The lowest BCUT2D eigenvalue weighted by Gasteiger charge is -2.15. The molecule has 4 nitrogen and oxygen atoms in total. The third-order valence-corrected chi connectivity index (χ3v) is 3.75. The van der Waals surface area contributed by atoms with Crippen LogP contribution in [0.3, 0.4) is 0 Å². The Labute approximate surface area is 136 Å². The van der Waals surface area contributed by atoms with E-state index in [4.69, 9.17) is 4.74 Å². The molecule has 0 aliphatic rings. The summed E-state index contributed by atoms with van der Waals surface area (Å²) in [4.78, 5) is 9.52. The summed E-state index contributed by atoms with van der Waals surface area (Å²) in [5.74, 6) is 1.72. The molecule has 1 aromatic heterocycles. The van der Waals surface area contributed by atoms with Crippen molar-refractivity contribution in [2.75, 3.05) is 25.6 Å². The molecule has 0 amide bonds. The van der Waals surface area contributed by atoms with Crippen LogP contribution in [-0.4, -0.2) is 30.7 Å². The zero-order valence-electron chi connectivity index (χ0n) is 13.7. The fourth-order valence-corrected chi connectivity index (χ4v) is 2.55. The Balaban J connectivity index is 2.00. The smallest absolute Gasteiger partial charge is 0.137 e. The normalized spacial score (nSPS) is 10.6. The second-order valence-corrected chi connectivity index (χ2v) is 5.52. The molecule has 0 atom stereocenters. The summed E-state index contributed by atoms with van der Waals surface area (Å²) in [6, 6.07) is 14.7. The van der Waals surface area contributed by atoms with E-state index in [2.05, 4.69) is 51.3 Å². The van der Waals surface area contributed by atoms with E-state index >= 15 is 0 Å². The van der Waals surface area contributed by atoms with Crippen LogP contribution in [0.15, 0.2) is 54.9 Å². The number of imidazole rings is 1. The van der Waals surface area contributed by atoms with Crippen molar-refractivity contribution in [3.05, 3.63) is 54.9 Å². The number of benzene rings is 2. The molecular formula is C19H21N3O. The Kier molecular flexibility index (Phi) is 4.33. The topological polar surface area (TPSA) is 41.1 Å². The fourth-order valence-electron chi connectivity index (χ4n) is 2.55. The number of H-pyrrole nitrogens is 1. The summed E-state index contributed by atoms with van der Waals surface area (Å²) in [7, 11) is 4.08. The second-order valence-electron chi connectivity index (χ2n) is 5.52. The van der Waals surface area contributed by atoms with Crippen molar-refractivity contribution < 1.29 is 4.74 Å². The molecule has 0 saturated heterocycles. The number of anilines is 1. The van der Waals surface area contributed by atoms with E-state index in [-0.39, 0.29) is 0 Å². The van der Waals surface area contributed by atoms with Crippen molar-refractivity contribution in [3.8, 4) is 28.3 Å². The van der Waals surface area contributed by atoms with Crippen molar-refractivity contribution in [1.29, 1.82) is 0 Å². The van der Waals surface area contributed by atoms with Gasteiger partial charge in [-0.05, 0) is 36.8 Å². The standard InChI is InChI=1S/C19H21N3O/c1-4-23-18-13-15(19-20-11-12-21-19)7-10-17(18)14-5-8-16(9-6-14)22(2)3/h5-13H,4H2,1-3H3,(H,20,21). The molecule has 4 heteroatoms. The third-order valence-electron chi connectivity index (χ3n) is 3.75. The van der Waals surface area contributed by atoms with Gasteiger partial charge in [0.15, 0.2) is 0 Å². The fraction of sp³-hybridized carbons (Fsp3) is 0.211. The molecular weight excluding hydrogens is 286 g/mol. The number of nitrogens with zero attached hydrogens (tertiary/aromatic N) is 2. The molecule has 2 aromatic carbocycles. The van der Waals surface area contributed by atoms with Gasteiger partial charge in [-0.2, -0.15) is 0 Å². The lowest BCUT2D eigenvalue weighted by atomic mass is 10.0. The van der Waals surface area contributed by atoms with Crippen LogP contribution >= 0.6 is 0 Å². The monoisotopic (exact) mass is 307 g/mol. The van der Waals surface area contributed by atoms with Crippen molar-refractivity contribution >= 4 is 5.69 Å². The van der Waals surface area contributed by atoms with E-state index in [9.17, 15) is 0 Å². The minimum Gasteiger partial charge on any atom is -0.493 e. The van der Waals surface area contributed by atoms with Gasteiger partial charge >= 0.3 is 0 Å². The molecule has 3 rings (SSSR count). The first kappa shape index (κ1) is 15.2. The molecule has 1 N–H and O–H groups in total. The zero-order chi connectivity index (χ0) is 16.2. The second kappa shape index (κ2) is 6.57. The first-order valence-electron chi connectivity index (χ1n) is 7.73. The van der Waals surface area contributed by atoms with Crippen LogP contribution in [0, 0.1) is 0 Å². The zero-order valence-corrected chi connectivity index (χ0v) is 13.7. The average molecular weight is 307 g/mol. The quantitative estimate of drug-likeness (QED) is 0.767. The van der Waals surface area contributed by atoms with Gasteiger partial charge in [0, 0.05) is 43.3 Å². The summed E-state index contributed by atoms with van der Waals surface area (Å²) < 4.78 is 5.86. The Bertz CT molecular complexity index is 762. The summed E-state index contributed by atoms with van der Waals surface area (Å²) in [5.41, 5.74) is 4.43. The first-order valence-corrected chi connectivity index (χ1v) is 7.73. The lowest BCUT2D eigenvalue weighted by Crippen LogP contribution is -2.07. The van der Waals surface area contributed by atoms with E-state index in [1.54, 1.807) is 6.20 Å². The lowest BCUT2D eigenvalue weighted by molar-refractivity contribution is 0.342. The average Bonchev–Trinajstić information content (AvgIpc) is 3.10. The molecule has 0 spiro atoms. The van der Waals surface area contributed by atoms with Gasteiger partial charge < -0.3 is 14.6 Å². The highest BCUT2D eigenvalue weighted by Crippen LogP contribution is 2.34. The van der Waals surface area contributed by atoms with Gasteiger partial charge in [-0.15, -0.1) is 0 Å². The van der Waals surface area contributed by atoms with E-state index in [1.807, 2.05) is 33.3 Å². The predicted octanol–water partition coefficient (Wildman–Crippen LogP) is 4.21. The third kappa shape index (κ3) is 3.21. The highest BCUT2D eigenvalue weighted by molar-refractivity contribution is 5.75. The molecule has 3 aromatic rings. The molecule has 118 valence electrons. The van der Waals surface area contributed by atoms with Gasteiger partial charge in [0.25, 0.3) is 0 Å². The van der Waals surface area contributed by atoms with E-state index < -0.39 is 0 Å². The number of hydrogen-bond donors (Lipinski definition) is 1. The van der Waals surface area contributed by atoms with E-state index in [0.717, 1.165) is 28.3 Å². The van der Waals surface area contributed by atoms with Crippen molar-refractivity contribution in [1.82, 2.24) is 9.97 Å². The van der Waals surface area contributed by atoms with Crippen molar-refractivity contribution in [3.63, 3.8) is 0 Å². The number of aromatic nitrogens is 2. The number of hydrogen-bond acceptors (Lipinski definition) is 3. The molecule has 0 fully saturated rings. The highest BCUT2D eigenvalue weighted by atomic mass is 16.5. The minimum absolute atomic E-state index is 0.629. The maximum absolute atomic E-state index is 5.86. The number of rotatable bonds is 5. The summed E-state index contributed by atoms with van der Waals surface area (Å²) in [6.45, 7) is 2.63. The summed E-state index contributed by atoms with van der Waals surface area (Å²) in [5, 5.41) is 0. The molecule has 0 bridgehead atoms. The summed E-state index contributed by atoms with van der Waals surface area (Å²) in [6.07, 6.45) is 3.58. The van der Waals surface area contributed by atoms with Gasteiger partial charge in [0.1, 0.15) is 11.6 Å². The largest absolute Gasteiger partial charge is 0.493 e. The predicted molar refractivity (Wildman–Crippen MR) is 95.0 cm³/mol. The van der Waals surface area contributed by atoms with E-state index in [0.29, 0.717) is 6.61 Å². The first-order chi connectivity index (χ1) is 11.2. The molecule has 0 aliphatic carbocycles. The van der Waals surface area contributed by atoms with Gasteiger partial charge in [-0.3, -0.25) is 0 Å². The maximum Gasteiger partial charge on any atom is 0.137 e. The van der Waals surface area contributed by atoms with Crippen molar-refractivity contribution in [2.24, 2.45) is 0 Å².